The first kappa shape index (κ1) is 44.3. The van der Waals surface area contributed by atoms with Crippen molar-refractivity contribution in [3.05, 3.63) is 98.6 Å². The maximum absolute atomic E-state index is 13.5. The van der Waals surface area contributed by atoms with E-state index >= 15 is 0 Å². The Labute approximate surface area is 315 Å². The van der Waals surface area contributed by atoms with Gasteiger partial charge < -0.3 is 24.6 Å². The van der Waals surface area contributed by atoms with Crippen LogP contribution in [0.1, 0.15) is 105 Å². The molecule has 286 valence electrons. The third-order valence-electron chi connectivity index (χ3n) is 8.87. The minimum Gasteiger partial charge on any atom is -0.452 e. The van der Waals surface area contributed by atoms with Gasteiger partial charge in [-0.3, -0.25) is 4.79 Å². The number of aromatic nitrogens is 1. The zero-order valence-electron chi connectivity index (χ0n) is 33.1. The van der Waals surface area contributed by atoms with Crippen molar-refractivity contribution in [2.45, 2.75) is 106 Å². The molecule has 0 saturated heterocycles. The molecule has 9 nitrogen and oxygen atoms in total. The van der Waals surface area contributed by atoms with Gasteiger partial charge >= 0.3 is 12.1 Å². The second kappa shape index (κ2) is 21.6. The molecular weight excluding hydrogens is 677 g/mol. The number of ether oxygens (including phenoxy) is 3. The van der Waals surface area contributed by atoms with E-state index in [1.165, 1.54) is 18.4 Å². The van der Waals surface area contributed by atoms with Crippen LogP contribution >= 0.6 is 11.3 Å². The zero-order valence-corrected chi connectivity index (χ0v) is 33.9. The van der Waals surface area contributed by atoms with Crippen molar-refractivity contribution in [2.75, 3.05) is 14.2 Å². The Morgan fingerprint density at radius 1 is 1.06 bits per heavy atom. The normalized spacial score (nSPS) is 25.5. The summed E-state index contributed by atoms with van der Waals surface area (Å²) in [5.74, 6) is -1.21. The number of amides is 1. The molecule has 7 atom stereocenters. The number of esters is 1. The number of aliphatic hydroxyl groups is 1. The number of cyclic esters (lactones) is 1. The number of alkyl carbamates (subject to hydrolysis) is 1. The lowest BCUT2D eigenvalue weighted by Gasteiger charge is -2.22. The molecule has 7 unspecified atom stereocenters. The summed E-state index contributed by atoms with van der Waals surface area (Å²) in [5.41, 5.74) is 4.65. The van der Waals surface area contributed by atoms with Crippen LogP contribution in [0, 0.1) is 23.7 Å². The Morgan fingerprint density at radius 3 is 2.38 bits per heavy atom. The molecule has 1 aromatic rings. The minimum absolute atomic E-state index is 0.0592. The van der Waals surface area contributed by atoms with Gasteiger partial charge in [0, 0.05) is 42.9 Å². The highest BCUT2D eigenvalue weighted by molar-refractivity contribution is 7.09. The molecular formula is C42H60N2O7S. The van der Waals surface area contributed by atoms with E-state index in [1.54, 1.807) is 26.2 Å². The molecule has 52 heavy (non-hydrogen) atoms. The molecule has 0 spiro atoms. The Bertz CT molecular complexity index is 1590. The highest BCUT2D eigenvalue weighted by Crippen LogP contribution is 2.34. The zero-order chi connectivity index (χ0) is 39.1. The maximum atomic E-state index is 13.5. The van der Waals surface area contributed by atoms with E-state index in [-0.39, 0.29) is 23.5 Å². The van der Waals surface area contributed by atoms with E-state index in [0.717, 1.165) is 22.3 Å². The molecule has 0 aromatic carbocycles. The first-order chi connectivity index (χ1) is 24.5. The number of aliphatic hydroxyl groups excluding tert-OH is 1. The number of methoxy groups -OCH3 is 1. The van der Waals surface area contributed by atoms with Crippen molar-refractivity contribution in [1.82, 2.24) is 10.3 Å². The van der Waals surface area contributed by atoms with Gasteiger partial charge in [0.25, 0.3) is 0 Å². The van der Waals surface area contributed by atoms with Crippen LogP contribution in [0.15, 0.2) is 87.9 Å². The largest absolute Gasteiger partial charge is 0.452 e. The Morgan fingerprint density at radius 2 is 1.75 bits per heavy atom. The molecule has 0 saturated carbocycles. The van der Waals surface area contributed by atoms with Crippen LogP contribution in [0.5, 0.6) is 0 Å². The average molecular weight is 737 g/mol. The first-order valence-electron chi connectivity index (χ1n) is 18.0. The highest BCUT2D eigenvalue weighted by Gasteiger charge is 2.29. The van der Waals surface area contributed by atoms with Crippen molar-refractivity contribution >= 4 is 29.2 Å². The van der Waals surface area contributed by atoms with Gasteiger partial charge in [-0.15, -0.1) is 11.3 Å². The van der Waals surface area contributed by atoms with Crippen molar-refractivity contribution in [3.8, 4) is 0 Å². The van der Waals surface area contributed by atoms with Crippen LogP contribution in [-0.2, 0) is 23.8 Å². The van der Waals surface area contributed by atoms with E-state index in [4.69, 9.17) is 19.2 Å². The summed E-state index contributed by atoms with van der Waals surface area (Å²) in [7, 11) is 3.10. The number of hydrogen-bond donors (Lipinski definition) is 2. The molecule has 1 amide bonds. The molecule has 2 N–H and O–H groups in total. The van der Waals surface area contributed by atoms with Gasteiger partial charge in [-0.2, -0.15) is 0 Å². The predicted molar refractivity (Wildman–Crippen MR) is 210 cm³/mol. The van der Waals surface area contributed by atoms with Crippen LogP contribution in [0.4, 0.5) is 4.79 Å². The summed E-state index contributed by atoms with van der Waals surface area (Å²) in [4.78, 5) is 43.7. The number of hydrogen-bond acceptors (Lipinski definition) is 9. The highest BCUT2D eigenvalue weighted by atomic mass is 32.1. The van der Waals surface area contributed by atoms with E-state index in [9.17, 15) is 19.5 Å². The molecule has 0 fully saturated rings. The molecule has 0 bridgehead atoms. The summed E-state index contributed by atoms with van der Waals surface area (Å²) in [6, 6.07) is 0. The quantitative estimate of drug-likeness (QED) is 0.219. The fraction of sp³-hybridized carbons (Fsp3) is 0.524. The molecule has 2 rings (SSSR count). The van der Waals surface area contributed by atoms with E-state index < -0.39 is 42.4 Å². The summed E-state index contributed by atoms with van der Waals surface area (Å²) < 4.78 is 17.6. The summed E-state index contributed by atoms with van der Waals surface area (Å²) in [5, 5.41) is 15.9. The van der Waals surface area contributed by atoms with Gasteiger partial charge in [-0.05, 0) is 65.0 Å². The SMILES string of the molecule is CNC(=O)OC(CC(C)C)c1nc(C2OC(=O)C(C)=CCC(C)=CC(O)C(C)C=C(C)C=C(C)C=CC(=O)C(C)C(OC)C(C)=CC=CC2C)cs1. The topological polar surface area (TPSA) is 124 Å². The smallest absolute Gasteiger partial charge is 0.407 e. The lowest BCUT2D eigenvalue weighted by atomic mass is 9.93. The maximum Gasteiger partial charge on any atom is 0.407 e. The molecule has 0 aliphatic carbocycles. The van der Waals surface area contributed by atoms with Crippen LogP contribution in [0.25, 0.3) is 0 Å². The number of carbonyl (C=O) groups excluding carboxylic acids is 3. The van der Waals surface area contributed by atoms with Gasteiger partial charge in [0.05, 0.1) is 17.9 Å². The van der Waals surface area contributed by atoms with Crippen LogP contribution in [0.2, 0.25) is 0 Å². The van der Waals surface area contributed by atoms with Gasteiger partial charge in [0.1, 0.15) is 5.01 Å². The Balaban J connectivity index is 2.61. The number of nitrogens with one attached hydrogen (secondary N) is 1. The first-order valence-corrected chi connectivity index (χ1v) is 18.9. The van der Waals surface area contributed by atoms with Crippen molar-refractivity contribution in [2.24, 2.45) is 23.7 Å². The van der Waals surface area contributed by atoms with Crippen molar-refractivity contribution < 1.29 is 33.7 Å². The second-order valence-electron chi connectivity index (χ2n) is 14.3. The molecule has 1 aliphatic rings. The monoisotopic (exact) mass is 736 g/mol. The number of rotatable bonds is 6. The molecule has 0 radical (unpaired) electrons. The van der Waals surface area contributed by atoms with E-state index in [1.807, 2.05) is 110 Å². The molecule has 1 aromatic heterocycles. The van der Waals surface area contributed by atoms with Crippen LogP contribution in [-0.4, -0.2) is 54.3 Å². The lowest BCUT2D eigenvalue weighted by Crippen LogP contribution is -2.27. The van der Waals surface area contributed by atoms with Crippen molar-refractivity contribution in [1.29, 1.82) is 0 Å². The second-order valence-corrected chi connectivity index (χ2v) is 15.2. The molecule has 2 heterocycles. The summed E-state index contributed by atoms with van der Waals surface area (Å²) in [6.07, 6.45) is 14.7. The average Bonchev–Trinajstić information content (AvgIpc) is 3.57. The Kier molecular flexibility index (Phi) is 18.4. The van der Waals surface area contributed by atoms with Gasteiger partial charge in [0.2, 0.25) is 0 Å². The summed E-state index contributed by atoms with van der Waals surface area (Å²) >= 11 is 1.36. The molecule has 10 heteroatoms. The van der Waals surface area contributed by atoms with Crippen LogP contribution < -0.4 is 5.32 Å². The van der Waals surface area contributed by atoms with E-state index in [2.05, 4.69) is 5.32 Å². The van der Waals surface area contributed by atoms with Gasteiger partial charge in [0.15, 0.2) is 18.0 Å². The number of carbonyl (C=O) groups is 3. The van der Waals surface area contributed by atoms with Crippen LogP contribution in [0.3, 0.4) is 0 Å². The third kappa shape index (κ3) is 14.3. The standard InChI is InChI=1S/C42H60N2O7S/c1-25(2)20-37(50-42(48)43-11)40-44-34(24-52-40)39-30(7)15-13-14-29(6)38(49-12)33(10)35(45)19-17-26(3)21-28(5)22-32(9)36(46)23-27(4)16-18-31(8)41(47)51-39/h13-15,17-19,21-25,30,32-33,36-39,46H,16,20H2,1-12H3,(H,43,48). The fourth-order valence-electron chi connectivity index (χ4n) is 5.79. The number of nitrogens with zero attached hydrogens (tertiary/aromatic N) is 1. The molecule has 1 aliphatic heterocycles. The third-order valence-corrected chi connectivity index (χ3v) is 9.83. The number of ketones is 1. The van der Waals surface area contributed by atoms with Gasteiger partial charge in [-0.25, -0.2) is 14.6 Å². The minimum atomic E-state index is -0.745. The van der Waals surface area contributed by atoms with Crippen molar-refractivity contribution in [3.63, 3.8) is 0 Å². The number of thiazole rings is 1. The lowest BCUT2D eigenvalue weighted by molar-refractivity contribution is -0.146. The predicted octanol–water partition coefficient (Wildman–Crippen LogP) is 9.27. The van der Waals surface area contributed by atoms with E-state index in [0.29, 0.717) is 29.1 Å². The fourth-order valence-corrected chi connectivity index (χ4v) is 6.68. The number of allylic oxidation sites excluding steroid dienone is 9. The Hall–Kier alpha value is -3.86. The summed E-state index contributed by atoms with van der Waals surface area (Å²) in [6.45, 7) is 19.3. The van der Waals surface area contributed by atoms with Gasteiger partial charge in [-0.1, -0.05) is 99.9 Å².